The van der Waals surface area contributed by atoms with Crippen molar-refractivity contribution in [3.8, 4) is 5.75 Å². The first kappa shape index (κ1) is 11.9. The molecule has 15 heavy (non-hydrogen) atoms. The molecule has 0 bridgehead atoms. The van der Waals surface area contributed by atoms with E-state index in [0.717, 1.165) is 12.0 Å². The number of benzene rings is 1. The molecular weight excluding hydrogens is 216 g/mol. The molecule has 1 aromatic rings. The molecule has 82 valence electrons. The Bertz CT molecular complexity index is 350. The molecule has 0 unspecified atom stereocenters. The lowest BCUT2D eigenvalue weighted by molar-refractivity contribution is -0.142. The smallest absolute Gasteiger partial charge is 0.343 e. The van der Waals surface area contributed by atoms with Gasteiger partial charge in [0.2, 0.25) is 0 Å². The van der Waals surface area contributed by atoms with E-state index in [0.29, 0.717) is 10.8 Å². The van der Waals surface area contributed by atoms with Crippen LogP contribution in [0.3, 0.4) is 0 Å². The van der Waals surface area contributed by atoms with Crippen molar-refractivity contribution in [1.29, 1.82) is 0 Å². The molecule has 0 aliphatic rings. The third-order valence-electron chi connectivity index (χ3n) is 1.98. The third-order valence-corrected chi connectivity index (χ3v) is 2.35. The number of methoxy groups -OCH3 is 1. The largest absolute Gasteiger partial charge is 0.482 e. The number of ether oxygens (including phenoxy) is 2. The van der Waals surface area contributed by atoms with Crippen molar-refractivity contribution < 1.29 is 14.3 Å². The molecule has 0 saturated carbocycles. The van der Waals surface area contributed by atoms with Gasteiger partial charge in [-0.2, -0.15) is 0 Å². The third kappa shape index (κ3) is 3.44. The highest BCUT2D eigenvalue weighted by Gasteiger charge is 2.04. The predicted octanol–water partition coefficient (Wildman–Crippen LogP) is 2.45. The highest BCUT2D eigenvalue weighted by Crippen LogP contribution is 2.22. The van der Waals surface area contributed by atoms with Gasteiger partial charge in [-0.05, 0) is 30.2 Å². The number of hydrogen-bond donors (Lipinski definition) is 0. The maximum atomic E-state index is 10.8. The van der Waals surface area contributed by atoms with Gasteiger partial charge in [-0.3, -0.25) is 0 Å². The number of carbonyl (C=O) groups is 1. The van der Waals surface area contributed by atoms with E-state index in [1.807, 2.05) is 13.0 Å². The molecule has 1 rings (SSSR count). The number of esters is 1. The zero-order valence-electron chi connectivity index (χ0n) is 8.75. The van der Waals surface area contributed by atoms with E-state index in [1.165, 1.54) is 7.11 Å². The van der Waals surface area contributed by atoms with E-state index >= 15 is 0 Å². The zero-order chi connectivity index (χ0) is 11.3. The second-order valence-electron chi connectivity index (χ2n) is 2.97. The van der Waals surface area contributed by atoms with Gasteiger partial charge in [0, 0.05) is 5.02 Å². The van der Waals surface area contributed by atoms with Crippen LogP contribution in [0.1, 0.15) is 12.5 Å². The number of rotatable bonds is 4. The molecule has 0 atom stereocenters. The molecule has 0 N–H and O–H groups in total. The van der Waals surface area contributed by atoms with Gasteiger partial charge in [0.25, 0.3) is 0 Å². The summed E-state index contributed by atoms with van der Waals surface area (Å²) in [5.74, 6) is 0.227. The average molecular weight is 229 g/mol. The molecule has 0 radical (unpaired) electrons. The van der Waals surface area contributed by atoms with Crippen molar-refractivity contribution in [2.45, 2.75) is 13.3 Å². The topological polar surface area (TPSA) is 35.5 Å². The van der Waals surface area contributed by atoms with Gasteiger partial charge >= 0.3 is 5.97 Å². The summed E-state index contributed by atoms with van der Waals surface area (Å²) in [6.45, 7) is 1.92. The molecule has 0 aromatic heterocycles. The van der Waals surface area contributed by atoms with Crippen molar-refractivity contribution >= 4 is 17.6 Å². The van der Waals surface area contributed by atoms with Gasteiger partial charge in [0.15, 0.2) is 6.61 Å². The Morgan fingerprint density at radius 1 is 1.47 bits per heavy atom. The van der Waals surface area contributed by atoms with Crippen LogP contribution in [0.4, 0.5) is 0 Å². The quantitative estimate of drug-likeness (QED) is 0.743. The minimum atomic E-state index is -0.400. The zero-order valence-corrected chi connectivity index (χ0v) is 9.50. The van der Waals surface area contributed by atoms with Crippen LogP contribution < -0.4 is 4.74 Å². The number of carbonyl (C=O) groups excluding carboxylic acids is 1. The summed E-state index contributed by atoms with van der Waals surface area (Å²) in [5.41, 5.74) is 0.999. The van der Waals surface area contributed by atoms with Crippen LogP contribution in [0, 0.1) is 0 Å². The lowest BCUT2D eigenvalue weighted by atomic mass is 10.1. The van der Waals surface area contributed by atoms with Gasteiger partial charge in [-0.15, -0.1) is 0 Å². The molecule has 0 aliphatic heterocycles. The predicted molar refractivity (Wildman–Crippen MR) is 58.3 cm³/mol. The molecule has 0 saturated heterocycles. The van der Waals surface area contributed by atoms with Crippen molar-refractivity contribution in [1.82, 2.24) is 0 Å². The van der Waals surface area contributed by atoms with Crippen LogP contribution in [0.25, 0.3) is 0 Å². The van der Waals surface area contributed by atoms with Crippen LogP contribution in [0.15, 0.2) is 18.2 Å². The lowest BCUT2D eigenvalue weighted by Crippen LogP contribution is -2.12. The molecule has 0 heterocycles. The SMILES string of the molecule is CCc1cc(OCC(=O)OC)ccc1Cl. The van der Waals surface area contributed by atoms with E-state index < -0.39 is 5.97 Å². The molecule has 0 aliphatic carbocycles. The van der Waals surface area contributed by atoms with Crippen LogP contribution in [-0.2, 0) is 16.0 Å². The number of hydrogen-bond acceptors (Lipinski definition) is 3. The molecule has 0 amide bonds. The summed E-state index contributed by atoms with van der Waals surface area (Å²) < 4.78 is 9.69. The van der Waals surface area contributed by atoms with Crippen molar-refractivity contribution in [3.63, 3.8) is 0 Å². The van der Waals surface area contributed by atoms with Gasteiger partial charge in [-0.25, -0.2) is 4.79 Å². The molecule has 4 heteroatoms. The molecular formula is C11H13ClO3. The van der Waals surface area contributed by atoms with Gasteiger partial charge in [0.05, 0.1) is 7.11 Å². The Hall–Kier alpha value is -1.22. The van der Waals surface area contributed by atoms with E-state index in [9.17, 15) is 4.79 Å². The first-order valence-electron chi connectivity index (χ1n) is 4.65. The van der Waals surface area contributed by atoms with Crippen LogP contribution in [0.2, 0.25) is 5.02 Å². The van der Waals surface area contributed by atoms with E-state index in [1.54, 1.807) is 12.1 Å². The molecule has 3 nitrogen and oxygen atoms in total. The van der Waals surface area contributed by atoms with Crippen molar-refractivity contribution in [2.24, 2.45) is 0 Å². The van der Waals surface area contributed by atoms with Gasteiger partial charge in [0.1, 0.15) is 5.75 Å². The second-order valence-corrected chi connectivity index (χ2v) is 3.38. The summed E-state index contributed by atoms with van der Waals surface area (Å²) in [7, 11) is 1.32. The fraction of sp³-hybridized carbons (Fsp3) is 0.364. The summed E-state index contributed by atoms with van der Waals surface area (Å²) in [6.07, 6.45) is 0.828. The van der Waals surface area contributed by atoms with Crippen LogP contribution >= 0.6 is 11.6 Å². The van der Waals surface area contributed by atoms with E-state index in [4.69, 9.17) is 16.3 Å². The average Bonchev–Trinajstić information content (AvgIpc) is 2.27. The Morgan fingerprint density at radius 2 is 2.20 bits per heavy atom. The minimum absolute atomic E-state index is 0.0821. The van der Waals surface area contributed by atoms with E-state index in [-0.39, 0.29) is 6.61 Å². The normalized spacial score (nSPS) is 9.80. The first-order valence-corrected chi connectivity index (χ1v) is 5.03. The second kappa shape index (κ2) is 5.61. The Kier molecular flexibility index (Phi) is 4.43. The Balaban J connectivity index is 2.66. The number of halogens is 1. The summed E-state index contributed by atoms with van der Waals surface area (Å²) in [6, 6.07) is 5.31. The standard InChI is InChI=1S/C11H13ClO3/c1-3-8-6-9(4-5-10(8)12)15-7-11(13)14-2/h4-6H,3,7H2,1-2H3. The van der Waals surface area contributed by atoms with E-state index in [2.05, 4.69) is 4.74 Å². The fourth-order valence-electron chi connectivity index (χ4n) is 1.11. The monoisotopic (exact) mass is 228 g/mol. The van der Waals surface area contributed by atoms with Crippen LogP contribution in [0.5, 0.6) is 5.75 Å². The van der Waals surface area contributed by atoms with Crippen LogP contribution in [-0.4, -0.2) is 19.7 Å². The summed E-state index contributed by atoms with van der Waals surface area (Å²) in [5, 5.41) is 0.711. The maximum Gasteiger partial charge on any atom is 0.343 e. The first-order chi connectivity index (χ1) is 7.17. The van der Waals surface area contributed by atoms with Crippen molar-refractivity contribution in [3.05, 3.63) is 28.8 Å². The molecule has 0 fully saturated rings. The molecule has 1 aromatic carbocycles. The maximum absolute atomic E-state index is 10.8. The number of aryl methyl sites for hydroxylation is 1. The van der Waals surface area contributed by atoms with Gasteiger partial charge in [-0.1, -0.05) is 18.5 Å². The van der Waals surface area contributed by atoms with Crippen molar-refractivity contribution in [2.75, 3.05) is 13.7 Å². The highest BCUT2D eigenvalue weighted by molar-refractivity contribution is 6.31. The fourth-order valence-corrected chi connectivity index (χ4v) is 1.36. The van der Waals surface area contributed by atoms with Gasteiger partial charge < -0.3 is 9.47 Å². The lowest BCUT2D eigenvalue weighted by Gasteiger charge is -2.07. The Morgan fingerprint density at radius 3 is 2.80 bits per heavy atom. The summed E-state index contributed by atoms with van der Waals surface area (Å²) >= 11 is 5.94. The summed E-state index contributed by atoms with van der Waals surface area (Å²) in [4.78, 5) is 10.8. The Labute approximate surface area is 93.9 Å². The highest BCUT2D eigenvalue weighted by atomic mass is 35.5. The molecule has 0 spiro atoms. The minimum Gasteiger partial charge on any atom is -0.482 e.